The number of nitrogens with one attached hydrogen (secondary N) is 3. The molecular weight excluding hydrogens is 618 g/mol. The summed E-state index contributed by atoms with van der Waals surface area (Å²) in [4.78, 5) is 35.6. The first-order valence-electron chi connectivity index (χ1n) is 16.1. The highest BCUT2D eigenvalue weighted by Gasteiger charge is 2.32. The summed E-state index contributed by atoms with van der Waals surface area (Å²) in [5.74, 6) is -1.32. The fourth-order valence-electron chi connectivity index (χ4n) is 6.39. The van der Waals surface area contributed by atoms with E-state index >= 15 is 8.78 Å². The zero-order chi connectivity index (χ0) is 33.8. The quantitative estimate of drug-likeness (QED) is 0.161. The number of β-amino-alcohol motifs (C(OH)–C–C–N with tert-alkyl or cyclic N) is 1. The molecule has 0 aliphatic carbocycles. The van der Waals surface area contributed by atoms with Crippen LogP contribution in [0.3, 0.4) is 0 Å². The number of hydrogen-bond donors (Lipinski definition) is 4. The lowest BCUT2D eigenvalue weighted by atomic mass is 9.75. The second kappa shape index (κ2) is 14.0. The van der Waals surface area contributed by atoms with Crippen LogP contribution in [0.4, 0.5) is 8.78 Å². The monoisotopic (exact) mass is 656 g/mol. The van der Waals surface area contributed by atoms with Gasteiger partial charge in [0.15, 0.2) is 11.6 Å². The number of aromatic amines is 2. The minimum Gasteiger partial charge on any atom is -0.469 e. The Bertz CT molecular complexity index is 1950. The number of aromatic nitrogens is 3. The Kier molecular flexibility index (Phi) is 9.58. The third-order valence-corrected chi connectivity index (χ3v) is 9.21. The van der Waals surface area contributed by atoms with Crippen LogP contribution in [-0.4, -0.2) is 51.7 Å². The van der Waals surface area contributed by atoms with Crippen LogP contribution in [0.25, 0.3) is 22.3 Å². The normalized spacial score (nSPS) is 18.9. The van der Waals surface area contributed by atoms with Crippen LogP contribution in [-0.2, 0) is 32.6 Å². The summed E-state index contributed by atoms with van der Waals surface area (Å²) in [6.45, 7) is 2.13. The van der Waals surface area contributed by atoms with Crippen LogP contribution in [0.1, 0.15) is 61.4 Å². The number of amides is 1. The maximum atomic E-state index is 15.5. The number of aryl methyl sites for hydroxylation is 2. The number of nitrogens with zero attached hydrogens (tertiary/aromatic N) is 1. The maximum Gasteiger partial charge on any atom is 0.305 e. The Labute approximate surface area is 276 Å². The van der Waals surface area contributed by atoms with Gasteiger partial charge in [-0.3, -0.25) is 9.59 Å². The van der Waals surface area contributed by atoms with Gasteiger partial charge in [0.1, 0.15) is 17.4 Å². The molecule has 48 heavy (non-hydrogen) atoms. The molecule has 0 saturated heterocycles. The summed E-state index contributed by atoms with van der Waals surface area (Å²) in [5.41, 5.74) is 3.18. The van der Waals surface area contributed by atoms with Crippen LogP contribution in [0, 0.1) is 11.6 Å². The number of esters is 1. The standard InChI is InChI=1S/C37H38F2N4O5/c1-37(23-6-3-5-22(17-23)8-13-34(46)47-2)15-4-7-24(44)20-41-33(45)12-10-27-26-14-16-40-31(26)19-30(39)35(27)48-25-9-11-29(38)28(18-25)36-42-21-32(37)43-36/h3,5-6,9,11,14,16-19,21,24,40,44H,4,7-8,10,12-13,15,20H2,1-2H3,(H,41,45)(H,42,43). The van der Waals surface area contributed by atoms with Crippen LogP contribution < -0.4 is 10.1 Å². The van der Waals surface area contributed by atoms with Crippen molar-refractivity contribution in [2.24, 2.45) is 0 Å². The minimum absolute atomic E-state index is 0.0424. The van der Waals surface area contributed by atoms with Crippen molar-refractivity contribution >= 4 is 22.8 Å². The predicted molar refractivity (Wildman–Crippen MR) is 177 cm³/mol. The fraction of sp³-hybridized carbons (Fsp3) is 0.324. The van der Waals surface area contributed by atoms with Gasteiger partial charge < -0.3 is 29.9 Å². The Morgan fingerprint density at radius 3 is 2.81 bits per heavy atom. The number of benzene rings is 3. The molecule has 0 saturated carbocycles. The number of methoxy groups -OCH3 is 1. The number of imidazole rings is 1. The first-order valence-corrected chi connectivity index (χ1v) is 16.1. The van der Waals surface area contributed by atoms with Gasteiger partial charge in [-0.15, -0.1) is 0 Å². The molecule has 1 amide bonds. The number of carbonyl (C=O) groups is 2. The largest absolute Gasteiger partial charge is 0.469 e. The lowest BCUT2D eigenvalue weighted by molar-refractivity contribution is -0.140. The number of carbonyl (C=O) groups excluding carboxylic acids is 2. The summed E-state index contributed by atoms with van der Waals surface area (Å²) in [6.07, 6.45) is 5.15. The number of hydrogen-bond acceptors (Lipinski definition) is 6. The van der Waals surface area contributed by atoms with Gasteiger partial charge in [0.25, 0.3) is 0 Å². The van der Waals surface area contributed by atoms with Crippen molar-refractivity contribution < 1.29 is 33.0 Å². The molecule has 2 aromatic heterocycles. The number of halogens is 2. The number of fused-ring (bicyclic) bond motifs is 8. The minimum atomic E-state index is -0.788. The summed E-state index contributed by atoms with van der Waals surface area (Å²) < 4.78 is 41.8. The molecule has 5 aromatic rings. The Hall–Kier alpha value is -5.03. The highest BCUT2D eigenvalue weighted by atomic mass is 19.1. The predicted octanol–water partition coefficient (Wildman–Crippen LogP) is 6.63. The molecule has 0 spiro atoms. The second-order valence-electron chi connectivity index (χ2n) is 12.5. The summed E-state index contributed by atoms with van der Waals surface area (Å²) in [6, 6.07) is 15.2. The number of aliphatic hydroxyl groups is 1. The first kappa shape index (κ1) is 32.9. The second-order valence-corrected chi connectivity index (χ2v) is 12.5. The smallest absolute Gasteiger partial charge is 0.305 e. The van der Waals surface area contributed by atoms with E-state index in [0.29, 0.717) is 42.1 Å². The molecule has 0 radical (unpaired) electrons. The average molecular weight is 657 g/mol. The van der Waals surface area contributed by atoms with E-state index in [1.165, 1.54) is 31.4 Å². The number of ether oxygens (including phenoxy) is 2. The van der Waals surface area contributed by atoms with E-state index in [-0.39, 0.29) is 60.6 Å². The van der Waals surface area contributed by atoms with Crippen molar-refractivity contribution in [2.45, 2.75) is 63.4 Å². The molecule has 2 atom stereocenters. The molecule has 6 rings (SSSR count). The Balaban J connectivity index is 1.41. The number of H-pyrrole nitrogens is 2. The zero-order valence-electron chi connectivity index (χ0n) is 26.9. The van der Waals surface area contributed by atoms with Crippen molar-refractivity contribution in [1.82, 2.24) is 20.3 Å². The summed E-state index contributed by atoms with van der Waals surface area (Å²) >= 11 is 0. The van der Waals surface area contributed by atoms with Gasteiger partial charge in [-0.1, -0.05) is 24.3 Å². The van der Waals surface area contributed by atoms with Crippen molar-refractivity contribution in [3.8, 4) is 22.9 Å². The lowest BCUT2D eigenvalue weighted by Gasteiger charge is -2.30. The van der Waals surface area contributed by atoms with Crippen molar-refractivity contribution in [1.29, 1.82) is 0 Å². The number of aliphatic hydroxyl groups excluding tert-OH is 1. The number of rotatable bonds is 4. The van der Waals surface area contributed by atoms with Crippen LogP contribution in [0.5, 0.6) is 11.5 Å². The lowest BCUT2D eigenvalue weighted by Crippen LogP contribution is -2.32. The van der Waals surface area contributed by atoms with E-state index in [0.717, 1.165) is 16.8 Å². The van der Waals surface area contributed by atoms with Crippen molar-refractivity contribution in [2.75, 3.05) is 13.7 Å². The fourth-order valence-corrected chi connectivity index (χ4v) is 6.39. The highest BCUT2D eigenvalue weighted by molar-refractivity contribution is 5.86. The van der Waals surface area contributed by atoms with Gasteiger partial charge in [0.05, 0.1) is 18.8 Å². The van der Waals surface area contributed by atoms with E-state index < -0.39 is 23.2 Å². The molecule has 4 N–H and O–H groups in total. The van der Waals surface area contributed by atoms with Gasteiger partial charge in [0.2, 0.25) is 5.91 Å². The van der Waals surface area contributed by atoms with E-state index in [1.807, 2.05) is 24.3 Å². The SMILES string of the molecule is COC(=O)CCc1cccc(C2(C)CCCC(O)CNC(=O)CCc3c(c(F)cc4[nH]ccc34)Oc3ccc(F)c(c3)-c3ncc2[nH]3)c1. The summed E-state index contributed by atoms with van der Waals surface area (Å²) in [7, 11) is 1.36. The Morgan fingerprint density at radius 1 is 1.12 bits per heavy atom. The Morgan fingerprint density at radius 2 is 1.98 bits per heavy atom. The van der Waals surface area contributed by atoms with Gasteiger partial charge in [-0.05, 0) is 74.4 Å². The molecule has 1 aliphatic rings. The topological polar surface area (TPSA) is 129 Å². The van der Waals surface area contributed by atoms with E-state index in [4.69, 9.17) is 9.47 Å². The highest BCUT2D eigenvalue weighted by Crippen LogP contribution is 2.40. The molecule has 11 heteroatoms. The first-order chi connectivity index (χ1) is 23.1. The third kappa shape index (κ3) is 6.96. The molecule has 2 unspecified atom stereocenters. The van der Waals surface area contributed by atoms with E-state index in [9.17, 15) is 14.7 Å². The van der Waals surface area contributed by atoms with E-state index in [1.54, 1.807) is 18.5 Å². The molecule has 3 heterocycles. The van der Waals surface area contributed by atoms with E-state index in [2.05, 4.69) is 27.2 Å². The molecule has 1 aliphatic heterocycles. The molecular formula is C37H38F2N4O5. The van der Waals surface area contributed by atoms with Crippen molar-refractivity contribution in [3.05, 3.63) is 101 Å². The average Bonchev–Trinajstić information content (AvgIpc) is 3.77. The van der Waals surface area contributed by atoms with Gasteiger partial charge in [0, 0.05) is 65.4 Å². The third-order valence-electron chi connectivity index (χ3n) is 9.21. The molecule has 4 bridgehead atoms. The zero-order valence-corrected chi connectivity index (χ0v) is 26.9. The summed E-state index contributed by atoms with van der Waals surface area (Å²) in [5, 5.41) is 14.3. The molecule has 3 aromatic carbocycles. The molecule has 250 valence electrons. The van der Waals surface area contributed by atoms with Gasteiger partial charge in [-0.25, -0.2) is 13.8 Å². The molecule has 0 fully saturated rings. The maximum absolute atomic E-state index is 15.5. The van der Waals surface area contributed by atoms with Gasteiger partial charge in [-0.2, -0.15) is 0 Å². The van der Waals surface area contributed by atoms with Crippen LogP contribution >= 0.6 is 0 Å². The van der Waals surface area contributed by atoms with Crippen molar-refractivity contribution in [3.63, 3.8) is 0 Å². The van der Waals surface area contributed by atoms with Crippen LogP contribution in [0.2, 0.25) is 0 Å². The van der Waals surface area contributed by atoms with Gasteiger partial charge >= 0.3 is 5.97 Å². The van der Waals surface area contributed by atoms with Crippen LogP contribution in [0.15, 0.2) is 67.0 Å². The molecule has 9 nitrogen and oxygen atoms in total.